The van der Waals surface area contributed by atoms with Crippen molar-refractivity contribution in [1.29, 1.82) is 0 Å². The maximum absolute atomic E-state index is 12.6. The second-order valence-electron chi connectivity index (χ2n) is 7.22. The fourth-order valence-corrected chi connectivity index (χ4v) is 3.80. The van der Waals surface area contributed by atoms with Gasteiger partial charge in [0.15, 0.2) is 5.58 Å². The Morgan fingerprint density at radius 2 is 1.81 bits per heavy atom. The number of hydrogen-bond donors (Lipinski definition) is 1. The number of rotatable bonds is 7. The number of nitrogens with one attached hydrogen (secondary N) is 1. The van der Waals surface area contributed by atoms with Gasteiger partial charge in [0.05, 0.1) is 12.1 Å². The van der Waals surface area contributed by atoms with E-state index in [-0.39, 0.29) is 5.91 Å². The number of benzene rings is 3. The molecule has 6 nitrogen and oxygen atoms in total. The van der Waals surface area contributed by atoms with Crippen LogP contribution in [0.2, 0.25) is 5.02 Å². The van der Waals surface area contributed by atoms with Crippen LogP contribution in [0.1, 0.15) is 24.2 Å². The molecule has 0 aliphatic rings. The molecule has 1 amide bonds. The standard InChI is InChI=1S/C25H24ClN3O3/c1-4-29(5-2)19-10-6-16(7-11-19)25-28-21-15-18(9-13-23(21)32-25)27-24(30)17-8-12-22(31-3)20(26)14-17/h6-15H,4-5H2,1-3H3,(H,27,30). The number of carbonyl (C=O) groups excluding carboxylic acids is 1. The number of carbonyl (C=O) groups is 1. The summed E-state index contributed by atoms with van der Waals surface area (Å²) in [4.78, 5) is 19.5. The highest BCUT2D eigenvalue weighted by Gasteiger charge is 2.13. The van der Waals surface area contributed by atoms with Gasteiger partial charge in [0.1, 0.15) is 11.3 Å². The predicted octanol–water partition coefficient (Wildman–Crippen LogP) is 6.26. The molecule has 0 aliphatic heterocycles. The zero-order valence-electron chi connectivity index (χ0n) is 18.2. The molecule has 3 aromatic carbocycles. The third kappa shape index (κ3) is 4.41. The van der Waals surface area contributed by atoms with Crippen LogP contribution in [0.5, 0.6) is 5.75 Å². The molecule has 0 bridgehead atoms. The summed E-state index contributed by atoms with van der Waals surface area (Å²) in [6.07, 6.45) is 0. The lowest BCUT2D eigenvalue weighted by molar-refractivity contribution is 0.102. The summed E-state index contributed by atoms with van der Waals surface area (Å²) >= 11 is 6.13. The largest absolute Gasteiger partial charge is 0.495 e. The van der Waals surface area contributed by atoms with Crippen LogP contribution in [0.4, 0.5) is 11.4 Å². The smallest absolute Gasteiger partial charge is 0.255 e. The second kappa shape index (κ2) is 9.32. The molecule has 0 spiro atoms. The molecule has 1 heterocycles. The van der Waals surface area contributed by atoms with E-state index in [1.807, 2.05) is 12.1 Å². The summed E-state index contributed by atoms with van der Waals surface area (Å²) in [5.41, 5.74) is 4.43. The summed E-state index contributed by atoms with van der Waals surface area (Å²) in [6, 6.07) is 18.4. The van der Waals surface area contributed by atoms with E-state index < -0.39 is 0 Å². The molecule has 0 saturated carbocycles. The zero-order valence-corrected chi connectivity index (χ0v) is 18.9. The fraction of sp³-hybridized carbons (Fsp3) is 0.200. The Kier molecular flexibility index (Phi) is 6.32. The molecule has 0 atom stereocenters. The van der Waals surface area contributed by atoms with Crippen molar-refractivity contribution >= 4 is 40.0 Å². The molecule has 0 fully saturated rings. The van der Waals surface area contributed by atoms with Crippen LogP contribution >= 0.6 is 11.6 Å². The Hall–Kier alpha value is -3.51. The first-order chi connectivity index (χ1) is 15.5. The maximum Gasteiger partial charge on any atom is 0.255 e. The molecule has 0 saturated heterocycles. The molecule has 0 unspecified atom stereocenters. The Bertz CT molecular complexity index is 1250. The molecule has 164 valence electrons. The van der Waals surface area contributed by atoms with Crippen molar-refractivity contribution in [3.63, 3.8) is 0 Å². The first-order valence-corrected chi connectivity index (χ1v) is 10.8. The Morgan fingerprint density at radius 1 is 1.06 bits per heavy atom. The van der Waals surface area contributed by atoms with Gasteiger partial charge in [-0.1, -0.05) is 11.6 Å². The summed E-state index contributed by atoms with van der Waals surface area (Å²) in [6.45, 7) is 6.18. The van der Waals surface area contributed by atoms with E-state index in [0.717, 1.165) is 18.7 Å². The Balaban J connectivity index is 1.54. The van der Waals surface area contributed by atoms with Gasteiger partial charge in [-0.05, 0) is 74.5 Å². The average molecular weight is 450 g/mol. The molecule has 4 aromatic rings. The number of hydrogen-bond acceptors (Lipinski definition) is 5. The molecular weight excluding hydrogens is 426 g/mol. The van der Waals surface area contributed by atoms with E-state index in [1.54, 1.807) is 36.4 Å². The summed E-state index contributed by atoms with van der Waals surface area (Å²) in [5, 5.41) is 3.25. The van der Waals surface area contributed by atoms with Crippen molar-refractivity contribution in [3.05, 3.63) is 71.2 Å². The number of anilines is 2. The number of oxazole rings is 1. The molecule has 0 aliphatic carbocycles. The van der Waals surface area contributed by atoms with Gasteiger partial charge in [0.25, 0.3) is 5.91 Å². The number of aromatic nitrogens is 1. The van der Waals surface area contributed by atoms with Crippen LogP contribution in [0.25, 0.3) is 22.6 Å². The minimum Gasteiger partial charge on any atom is -0.495 e. The average Bonchev–Trinajstić information content (AvgIpc) is 3.23. The highest BCUT2D eigenvalue weighted by atomic mass is 35.5. The number of fused-ring (bicyclic) bond motifs is 1. The number of methoxy groups -OCH3 is 1. The summed E-state index contributed by atoms with van der Waals surface area (Å²) in [7, 11) is 1.53. The molecule has 32 heavy (non-hydrogen) atoms. The van der Waals surface area contributed by atoms with Crippen molar-refractivity contribution < 1.29 is 13.9 Å². The first-order valence-electron chi connectivity index (χ1n) is 10.4. The van der Waals surface area contributed by atoms with Gasteiger partial charge in [-0.2, -0.15) is 0 Å². The number of amides is 1. The van der Waals surface area contributed by atoms with Gasteiger partial charge in [-0.15, -0.1) is 0 Å². The van der Waals surface area contributed by atoms with Crippen LogP contribution < -0.4 is 15.0 Å². The predicted molar refractivity (Wildman–Crippen MR) is 129 cm³/mol. The van der Waals surface area contributed by atoms with Crippen LogP contribution in [-0.4, -0.2) is 31.1 Å². The summed E-state index contributed by atoms with van der Waals surface area (Å²) < 4.78 is 11.1. The fourth-order valence-electron chi connectivity index (χ4n) is 3.54. The summed E-state index contributed by atoms with van der Waals surface area (Å²) in [5.74, 6) is 0.783. The van der Waals surface area contributed by atoms with E-state index in [1.165, 1.54) is 12.8 Å². The van der Waals surface area contributed by atoms with Crippen LogP contribution in [0, 0.1) is 0 Å². The molecule has 7 heteroatoms. The SMILES string of the molecule is CCN(CC)c1ccc(-c2nc3cc(NC(=O)c4ccc(OC)c(Cl)c4)ccc3o2)cc1. The molecule has 4 rings (SSSR count). The van der Waals surface area contributed by atoms with Crippen molar-refractivity contribution in [2.24, 2.45) is 0 Å². The lowest BCUT2D eigenvalue weighted by Crippen LogP contribution is -2.21. The molecular formula is C25H24ClN3O3. The van der Waals surface area contributed by atoms with Crippen LogP contribution in [0.3, 0.4) is 0 Å². The monoisotopic (exact) mass is 449 g/mol. The normalized spacial score (nSPS) is 10.9. The zero-order chi connectivity index (χ0) is 22.7. The van der Waals surface area contributed by atoms with Crippen LogP contribution in [0.15, 0.2) is 65.1 Å². The Morgan fingerprint density at radius 3 is 2.47 bits per heavy atom. The van der Waals surface area contributed by atoms with Crippen molar-refractivity contribution in [1.82, 2.24) is 4.98 Å². The minimum atomic E-state index is -0.274. The van der Waals surface area contributed by atoms with Gasteiger partial charge in [-0.3, -0.25) is 4.79 Å². The van der Waals surface area contributed by atoms with Crippen molar-refractivity contribution in [2.75, 3.05) is 30.4 Å². The van der Waals surface area contributed by atoms with Gasteiger partial charge >= 0.3 is 0 Å². The van der Waals surface area contributed by atoms with E-state index in [4.69, 9.17) is 20.8 Å². The van der Waals surface area contributed by atoms with Gasteiger partial charge in [0, 0.05) is 35.6 Å². The third-order valence-corrected chi connectivity index (χ3v) is 5.60. The number of halogens is 1. The minimum absolute atomic E-state index is 0.274. The van der Waals surface area contributed by atoms with Crippen LogP contribution in [-0.2, 0) is 0 Å². The van der Waals surface area contributed by atoms with Crippen molar-refractivity contribution in [3.8, 4) is 17.2 Å². The first kappa shape index (κ1) is 21.7. The molecule has 0 radical (unpaired) electrons. The highest BCUT2D eigenvalue weighted by Crippen LogP contribution is 2.29. The molecule has 1 aromatic heterocycles. The second-order valence-corrected chi connectivity index (χ2v) is 7.63. The topological polar surface area (TPSA) is 67.6 Å². The van der Waals surface area contributed by atoms with Gasteiger partial charge in [-0.25, -0.2) is 4.98 Å². The van der Waals surface area contributed by atoms with E-state index in [9.17, 15) is 4.79 Å². The number of ether oxygens (including phenoxy) is 1. The number of nitrogens with zero attached hydrogens (tertiary/aromatic N) is 2. The quantitative estimate of drug-likeness (QED) is 0.361. The maximum atomic E-state index is 12.6. The molecule has 1 N–H and O–H groups in total. The van der Waals surface area contributed by atoms with Crippen molar-refractivity contribution in [2.45, 2.75) is 13.8 Å². The van der Waals surface area contributed by atoms with Gasteiger partial charge < -0.3 is 19.4 Å². The lowest BCUT2D eigenvalue weighted by atomic mass is 10.2. The highest BCUT2D eigenvalue weighted by molar-refractivity contribution is 6.32. The van der Waals surface area contributed by atoms with E-state index in [0.29, 0.717) is 39.0 Å². The van der Waals surface area contributed by atoms with E-state index in [2.05, 4.69) is 41.2 Å². The lowest BCUT2D eigenvalue weighted by Gasteiger charge is -2.20. The van der Waals surface area contributed by atoms with Gasteiger partial charge in [0.2, 0.25) is 5.89 Å². The third-order valence-electron chi connectivity index (χ3n) is 5.30. The van der Waals surface area contributed by atoms with E-state index >= 15 is 0 Å². The Labute approximate surface area is 191 Å².